The quantitative estimate of drug-likeness (QED) is 0.830. The maximum absolute atomic E-state index is 4.36. The fraction of sp³-hybridized carbons (Fsp3) is 0.750. The molecule has 0 spiro atoms. The van der Waals surface area contributed by atoms with Crippen LogP contribution in [0.3, 0.4) is 0 Å². The molecule has 84 valence electrons. The number of nitrogens with one attached hydrogen (secondary N) is 1. The van der Waals surface area contributed by atoms with E-state index >= 15 is 0 Å². The molecule has 1 aliphatic carbocycles. The second-order valence-corrected chi connectivity index (χ2v) is 5.67. The smallest absolute Gasteiger partial charge is 0.0897 e. The first kappa shape index (κ1) is 11.1. The molecule has 0 amide bonds. The zero-order valence-corrected chi connectivity index (χ0v) is 10.4. The summed E-state index contributed by atoms with van der Waals surface area (Å²) in [6, 6.07) is 0.574. The van der Waals surface area contributed by atoms with Gasteiger partial charge in [-0.2, -0.15) is 0 Å². The molecular formula is C12H20N2S. The maximum Gasteiger partial charge on any atom is 0.0897 e. The first-order valence-electron chi connectivity index (χ1n) is 5.97. The largest absolute Gasteiger partial charge is 0.309 e. The number of thiazole rings is 1. The molecule has 0 aliphatic heterocycles. The molecule has 1 heterocycles. The zero-order chi connectivity index (χ0) is 10.7. The van der Waals surface area contributed by atoms with Gasteiger partial charge >= 0.3 is 0 Å². The summed E-state index contributed by atoms with van der Waals surface area (Å²) in [5.74, 6) is 0.858. The Labute approximate surface area is 96.1 Å². The highest BCUT2D eigenvalue weighted by molar-refractivity contribution is 7.11. The fourth-order valence-corrected chi connectivity index (χ4v) is 3.05. The molecule has 0 saturated heterocycles. The molecule has 0 aromatic carbocycles. The van der Waals surface area contributed by atoms with Crippen LogP contribution in [-0.4, -0.2) is 11.5 Å². The van der Waals surface area contributed by atoms with E-state index in [-0.39, 0.29) is 0 Å². The van der Waals surface area contributed by atoms with Gasteiger partial charge in [0.25, 0.3) is 0 Å². The molecule has 1 aromatic heterocycles. The molecule has 2 rings (SSSR count). The first-order valence-corrected chi connectivity index (χ1v) is 6.78. The van der Waals surface area contributed by atoms with Gasteiger partial charge in [-0.3, -0.25) is 0 Å². The number of nitrogens with zero attached hydrogens (tertiary/aromatic N) is 1. The average Bonchev–Trinajstić information content (AvgIpc) is 2.56. The number of aromatic nitrogens is 1. The van der Waals surface area contributed by atoms with E-state index in [0.717, 1.165) is 12.5 Å². The summed E-state index contributed by atoms with van der Waals surface area (Å²) in [6.45, 7) is 5.44. The van der Waals surface area contributed by atoms with Crippen LogP contribution in [0.4, 0.5) is 0 Å². The standard InChI is InChI=1S/C12H20N2S/c1-3-7-13-12(10-5-4-6-10)11-8-14-9(2)15-11/h8,10,12-13H,3-7H2,1-2H3. The van der Waals surface area contributed by atoms with Gasteiger partial charge in [-0.05, 0) is 38.6 Å². The van der Waals surface area contributed by atoms with Crippen LogP contribution in [0.2, 0.25) is 0 Å². The van der Waals surface area contributed by atoms with Gasteiger partial charge in [0.15, 0.2) is 0 Å². The summed E-state index contributed by atoms with van der Waals surface area (Å²) in [6.07, 6.45) is 7.45. The van der Waals surface area contributed by atoms with Crippen molar-refractivity contribution >= 4 is 11.3 Å². The number of rotatable bonds is 5. The molecule has 15 heavy (non-hydrogen) atoms. The minimum Gasteiger partial charge on any atom is -0.309 e. The van der Waals surface area contributed by atoms with Crippen molar-refractivity contribution in [1.82, 2.24) is 10.3 Å². The van der Waals surface area contributed by atoms with Crippen LogP contribution in [0, 0.1) is 12.8 Å². The van der Waals surface area contributed by atoms with Crippen molar-refractivity contribution in [3.05, 3.63) is 16.1 Å². The molecule has 2 nitrogen and oxygen atoms in total. The van der Waals surface area contributed by atoms with Crippen LogP contribution in [0.25, 0.3) is 0 Å². The Kier molecular flexibility index (Phi) is 3.76. The molecule has 1 saturated carbocycles. The molecule has 0 radical (unpaired) electrons. The summed E-state index contributed by atoms with van der Waals surface area (Å²) in [5.41, 5.74) is 0. The van der Waals surface area contributed by atoms with Gasteiger partial charge in [-0.15, -0.1) is 11.3 Å². The van der Waals surface area contributed by atoms with Gasteiger partial charge in [0, 0.05) is 17.1 Å². The summed E-state index contributed by atoms with van der Waals surface area (Å²) in [7, 11) is 0. The molecule has 1 aromatic rings. The van der Waals surface area contributed by atoms with Gasteiger partial charge in [-0.25, -0.2) is 4.98 Å². The molecule has 1 N–H and O–H groups in total. The lowest BCUT2D eigenvalue weighted by Gasteiger charge is -2.33. The highest BCUT2D eigenvalue weighted by atomic mass is 32.1. The second kappa shape index (κ2) is 5.08. The summed E-state index contributed by atoms with van der Waals surface area (Å²) < 4.78 is 0. The highest BCUT2D eigenvalue weighted by Crippen LogP contribution is 2.39. The maximum atomic E-state index is 4.36. The highest BCUT2D eigenvalue weighted by Gasteiger charge is 2.29. The van der Waals surface area contributed by atoms with Crippen molar-refractivity contribution in [3.63, 3.8) is 0 Å². The Morgan fingerprint density at radius 1 is 1.60 bits per heavy atom. The number of hydrogen-bond donors (Lipinski definition) is 1. The van der Waals surface area contributed by atoms with Crippen LogP contribution in [0.1, 0.15) is 48.5 Å². The minimum atomic E-state index is 0.574. The van der Waals surface area contributed by atoms with Crippen molar-refractivity contribution in [3.8, 4) is 0 Å². The van der Waals surface area contributed by atoms with E-state index in [4.69, 9.17) is 0 Å². The van der Waals surface area contributed by atoms with E-state index in [2.05, 4.69) is 30.3 Å². The van der Waals surface area contributed by atoms with Crippen LogP contribution in [-0.2, 0) is 0 Å². The fourth-order valence-electron chi connectivity index (χ4n) is 2.09. The lowest BCUT2D eigenvalue weighted by atomic mass is 9.79. The lowest BCUT2D eigenvalue weighted by molar-refractivity contribution is 0.233. The van der Waals surface area contributed by atoms with Crippen LogP contribution >= 0.6 is 11.3 Å². The predicted molar refractivity (Wildman–Crippen MR) is 65.2 cm³/mol. The molecule has 0 bridgehead atoms. The third kappa shape index (κ3) is 2.58. The van der Waals surface area contributed by atoms with E-state index in [1.807, 2.05) is 11.3 Å². The Bertz CT molecular complexity index is 304. The molecule has 1 atom stereocenters. The van der Waals surface area contributed by atoms with Crippen LogP contribution < -0.4 is 5.32 Å². The van der Waals surface area contributed by atoms with Crippen molar-refractivity contribution < 1.29 is 0 Å². The van der Waals surface area contributed by atoms with Gasteiger partial charge in [0.2, 0.25) is 0 Å². The molecule has 1 aliphatic rings. The van der Waals surface area contributed by atoms with Crippen LogP contribution in [0.15, 0.2) is 6.20 Å². The van der Waals surface area contributed by atoms with E-state index < -0.39 is 0 Å². The zero-order valence-electron chi connectivity index (χ0n) is 9.62. The SMILES string of the molecule is CCCNC(c1cnc(C)s1)C1CCC1. The molecule has 3 heteroatoms. The Morgan fingerprint density at radius 2 is 2.40 bits per heavy atom. The summed E-state index contributed by atoms with van der Waals surface area (Å²) in [5, 5.41) is 4.86. The van der Waals surface area contributed by atoms with Crippen LogP contribution in [0.5, 0.6) is 0 Å². The topological polar surface area (TPSA) is 24.9 Å². The Morgan fingerprint density at radius 3 is 2.87 bits per heavy atom. The predicted octanol–water partition coefficient (Wildman–Crippen LogP) is 3.29. The summed E-state index contributed by atoms with van der Waals surface area (Å²) >= 11 is 1.85. The van der Waals surface area contributed by atoms with Gasteiger partial charge in [-0.1, -0.05) is 13.3 Å². The second-order valence-electron chi connectivity index (χ2n) is 4.40. The van der Waals surface area contributed by atoms with Crippen molar-refractivity contribution in [2.24, 2.45) is 5.92 Å². The minimum absolute atomic E-state index is 0.574. The van der Waals surface area contributed by atoms with E-state index in [9.17, 15) is 0 Å². The number of aryl methyl sites for hydroxylation is 1. The van der Waals surface area contributed by atoms with Crippen molar-refractivity contribution in [1.29, 1.82) is 0 Å². The monoisotopic (exact) mass is 224 g/mol. The van der Waals surface area contributed by atoms with Crippen molar-refractivity contribution in [2.75, 3.05) is 6.54 Å². The Balaban J connectivity index is 2.03. The van der Waals surface area contributed by atoms with E-state index in [1.165, 1.54) is 35.6 Å². The average molecular weight is 224 g/mol. The lowest BCUT2D eigenvalue weighted by Crippen LogP contribution is -2.32. The first-order chi connectivity index (χ1) is 7.31. The van der Waals surface area contributed by atoms with E-state index in [0.29, 0.717) is 6.04 Å². The molecule has 1 fully saturated rings. The van der Waals surface area contributed by atoms with Gasteiger partial charge in [0.1, 0.15) is 0 Å². The Hall–Kier alpha value is -0.410. The third-order valence-corrected chi connectivity index (χ3v) is 4.18. The van der Waals surface area contributed by atoms with E-state index in [1.54, 1.807) is 0 Å². The third-order valence-electron chi connectivity index (χ3n) is 3.18. The van der Waals surface area contributed by atoms with Crippen molar-refractivity contribution in [2.45, 2.75) is 45.6 Å². The normalized spacial score (nSPS) is 18.8. The van der Waals surface area contributed by atoms with Gasteiger partial charge in [0.05, 0.1) is 5.01 Å². The molecule has 1 unspecified atom stereocenters. The number of hydrogen-bond acceptors (Lipinski definition) is 3. The van der Waals surface area contributed by atoms with Gasteiger partial charge < -0.3 is 5.32 Å². The molecular weight excluding hydrogens is 204 g/mol. The summed E-state index contributed by atoms with van der Waals surface area (Å²) in [4.78, 5) is 5.80.